The fourth-order valence-electron chi connectivity index (χ4n) is 3.68. The highest BCUT2D eigenvalue weighted by Crippen LogP contribution is 2.36. The van der Waals surface area contributed by atoms with Gasteiger partial charge < -0.3 is 15.3 Å². The van der Waals surface area contributed by atoms with Gasteiger partial charge in [0.1, 0.15) is 0 Å². The standard InChI is InChI=1S/C21H17ClF6N2O3/c22-15-3-1-11(2-4-15)16-10-30(19(32)33)6-5-17(16)29-18(31)12-7-13(20(23,24)25)9-14(8-12)21(26,27)28/h1-4,7-9,16-17H,5-6,10H2,(H,29,31)(H,32,33). The number of benzene rings is 2. The fourth-order valence-corrected chi connectivity index (χ4v) is 3.81. The van der Waals surface area contributed by atoms with E-state index >= 15 is 0 Å². The third-order valence-corrected chi connectivity index (χ3v) is 5.60. The number of carboxylic acid groups (broad SMARTS) is 1. The predicted molar refractivity (Wildman–Crippen MR) is 106 cm³/mol. The van der Waals surface area contributed by atoms with Crippen LogP contribution < -0.4 is 5.32 Å². The molecule has 1 saturated heterocycles. The first-order chi connectivity index (χ1) is 15.3. The maximum Gasteiger partial charge on any atom is 0.416 e. The Morgan fingerprint density at radius 1 is 0.970 bits per heavy atom. The van der Waals surface area contributed by atoms with Crippen molar-refractivity contribution in [1.82, 2.24) is 10.2 Å². The van der Waals surface area contributed by atoms with Crippen molar-refractivity contribution >= 4 is 23.6 Å². The summed E-state index contributed by atoms with van der Waals surface area (Å²) in [5.74, 6) is -1.72. The number of hydrogen-bond acceptors (Lipinski definition) is 2. The molecule has 2 unspecified atom stereocenters. The normalized spacial score (nSPS) is 19.3. The lowest BCUT2D eigenvalue weighted by atomic mass is 9.86. The molecule has 0 saturated carbocycles. The van der Waals surface area contributed by atoms with Gasteiger partial charge >= 0.3 is 18.4 Å². The second-order valence-electron chi connectivity index (χ2n) is 7.55. The largest absolute Gasteiger partial charge is 0.465 e. The number of piperidine rings is 1. The van der Waals surface area contributed by atoms with E-state index in [9.17, 15) is 41.0 Å². The number of halogens is 7. The minimum atomic E-state index is -5.09. The Hall–Kier alpha value is -2.95. The van der Waals surface area contributed by atoms with E-state index in [0.29, 0.717) is 22.7 Å². The van der Waals surface area contributed by atoms with E-state index in [1.165, 1.54) is 0 Å². The van der Waals surface area contributed by atoms with Gasteiger partial charge in [0, 0.05) is 35.6 Å². The molecule has 33 heavy (non-hydrogen) atoms. The number of hydrogen-bond donors (Lipinski definition) is 2. The second-order valence-corrected chi connectivity index (χ2v) is 7.99. The van der Waals surface area contributed by atoms with E-state index in [4.69, 9.17) is 11.6 Å². The molecular weight excluding hydrogens is 478 g/mol. The van der Waals surface area contributed by atoms with Crippen molar-refractivity contribution < 1.29 is 41.0 Å². The van der Waals surface area contributed by atoms with Gasteiger partial charge in [0.05, 0.1) is 11.1 Å². The number of nitrogens with zero attached hydrogens (tertiary/aromatic N) is 1. The highest BCUT2D eigenvalue weighted by Gasteiger charge is 2.38. The molecule has 1 aliphatic heterocycles. The van der Waals surface area contributed by atoms with Gasteiger partial charge in [-0.2, -0.15) is 26.3 Å². The summed E-state index contributed by atoms with van der Waals surface area (Å²) in [5.41, 5.74) is -3.39. The quantitative estimate of drug-likeness (QED) is 0.542. The molecule has 0 radical (unpaired) electrons. The Morgan fingerprint density at radius 3 is 2.00 bits per heavy atom. The van der Waals surface area contributed by atoms with E-state index in [-0.39, 0.29) is 25.6 Å². The first kappa shape index (κ1) is 24.7. The molecule has 2 atom stereocenters. The van der Waals surface area contributed by atoms with Crippen molar-refractivity contribution in [2.45, 2.75) is 30.7 Å². The van der Waals surface area contributed by atoms with Crippen LogP contribution in [0.15, 0.2) is 42.5 Å². The van der Waals surface area contributed by atoms with Crippen molar-refractivity contribution in [3.8, 4) is 0 Å². The molecule has 2 aromatic rings. The number of alkyl halides is 6. The predicted octanol–water partition coefficient (Wildman–Crippen LogP) is 5.64. The average Bonchev–Trinajstić information content (AvgIpc) is 2.73. The smallest absolute Gasteiger partial charge is 0.416 e. The summed E-state index contributed by atoms with van der Waals surface area (Å²) in [5, 5.41) is 12.2. The summed E-state index contributed by atoms with van der Waals surface area (Å²) >= 11 is 5.88. The number of nitrogens with one attached hydrogen (secondary N) is 1. The third-order valence-electron chi connectivity index (χ3n) is 5.35. The molecule has 0 aliphatic carbocycles. The summed E-state index contributed by atoms with van der Waals surface area (Å²) in [6, 6.07) is 6.25. The average molecular weight is 495 g/mol. The van der Waals surface area contributed by atoms with Crippen LogP contribution in [0.25, 0.3) is 0 Å². The van der Waals surface area contributed by atoms with Crippen molar-refractivity contribution in [1.29, 1.82) is 0 Å². The molecule has 0 spiro atoms. The number of rotatable bonds is 3. The number of carbonyl (C=O) groups is 2. The van der Waals surface area contributed by atoms with E-state index in [1.54, 1.807) is 24.3 Å². The second kappa shape index (κ2) is 9.12. The van der Waals surface area contributed by atoms with E-state index in [1.807, 2.05) is 0 Å². The lowest BCUT2D eigenvalue weighted by Crippen LogP contribution is -2.51. The highest BCUT2D eigenvalue weighted by molar-refractivity contribution is 6.30. The molecular formula is C21H17ClF6N2O3. The van der Waals surface area contributed by atoms with Crippen molar-refractivity contribution in [3.63, 3.8) is 0 Å². The van der Waals surface area contributed by atoms with Crippen molar-refractivity contribution in [3.05, 3.63) is 69.7 Å². The highest BCUT2D eigenvalue weighted by atomic mass is 35.5. The molecule has 2 amide bonds. The van der Waals surface area contributed by atoms with Crippen LogP contribution in [-0.4, -0.2) is 41.1 Å². The Kier molecular flexibility index (Phi) is 6.83. The Morgan fingerprint density at radius 2 is 1.52 bits per heavy atom. The zero-order valence-corrected chi connectivity index (χ0v) is 17.4. The van der Waals surface area contributed by atoms with Crippen LogP contribution in [0.2, 0.25) is 5.02 Å². The molecule has 2 N–H and O–H groups in total. The van der Waals surface area contributed by atoms with Crippen molar-refractivity contribution in [2.75, 3.05) is 13.1 Å². The van der Waals surface area contributed by atoms with Crippen LogP contribution in [0.4, 0.5) is 31.1 Å². The molecule has 3 rings (SSSR count). The monoisotopic (exact) mass is 494 g/mol. The minimum Gasteiger partial charge on any atom is -0.465 e. The van der Waals surface area contributed by atoms with Crippen LogP contribution in [0.1, 0.15) is 39.4 Å². The van der Waals surface area contributed by atoms with Gasteiger partial charge in [-0.15, -0.1) is 0 Å². The molecule has 178 valence electrons. The Balaban J connectivity index is 1.92. The lowest BCUT2D eigenvalue weighted by Gasteiger charge is -2.38. The van der Waals surface area contributed by atoms with Crippen LogP contribution in [0.3, 0.4) is 0 Å². The van der Waals surface area contributed by atoms with Gasteiger partial charge in [-0.1, -0.05) is 23.7 Å². The maximum atomic E-state index is 13.1. The zero-order chi connectivity index (χ0) is 24.6. The lowest BCUT2D eigenvalue weighted by molar-refractivity contribution is -0.143. The van der Waals surface area contributed by atoms with Crippen LogP contribution in [0, 0.1) is 0 Å². The SMILES string of the molecule is O=C(NC1CCN(C(=O)O)CC1c1ccc(Cl)cc1)c1cc(C(F)(F)F)cc(C(F)(F)F)c1. The van der Waals surface area contributed by atoms with Gasteiger partial charge in [0.25, 0.3) is 5.91 Å². The van der Waals surface area contributed by atoms with E-state index in [0.717, 1.165) is 4.90 Å². The molecule has 1 fully saturated rings. The molecule has 1 aliphatic rings. The fraction of sp³-hybridized carbons (Fsp3) is 0.333. The van der Waals surface area contributed by atoms with Gasteiger partial charge in [0.2, 0.25) is 0 Å². The van der Waals surface area contributed by atoms with Crippen molar-refractivity contribution in [2.24, 2.45) is 0 Å². The third kappa shape index (κ3) is 5.89. The minimum absolute atomic E-state index is 0.0285. The van der Waals surface area contributed by atoms with Gasteiger partial charge in [-0.05, 0) is 42.3 Å². The van der Waals surface area contributed by atoms with E-state index in [2.05, 4.69) is 5.32 Å². The Bertz CT molecular complexity index is 1010. The molecule has 12 heteroatoms. The molecule has 0 bridgehead atoms. The number of amides is 2. The summed E-state index contributed by atoms with van der Waals surface area (Å²) in [6.07, 6.45) is -11.3. The van der Waals surface area contributed by atoms with Crippen LogP contribution in [-0.2, 0) is 12.4 Å². The summed E-state index contributed by atoms with van der Waals surface area (Å²) < 4.78 is 78.7. The first-order valence-corrected chi connectivity index (χ1v) is 9.97. The van der Waals surface area contributed by atoms with Gasteiger partial charge in [-0.25, -0.2) is 4.79 Å². The summed E-state index contributed by atoms with van der Waals surface area (Å²) in [4.78, 5) is 25.2. The zero-order valence-electron chi connectivity index (χ0n) is 16.7. The summed E-state index contributed by atoms with van der Waals surface area (Å²) in [7, 11) is 0. The number of carbonyl (C=O) groups excluding carboxylic acids is 1. The van der Waals surface area contributed by atoms with Crippen LogP contribution in [0.5, 0.6) is 0 Å². The molecule has 0 aromatic heterocycles. The first-order valence-electron chi connectivity index (χ1n) is 9.59. The topological polar surface area (TPSA) is 69.6 Å². The van der Waals surface area contributed by atoms with Gasteiger partial charge in [0.15, 0.2) is 0 Å². The molecule has 5 nitrogen and oxygen atoms in total. The molecule has 1 heterocycles. The maximum absolute atomic E-state index is 13.1. The Labute approximate surface area is 188 Å². The van der Waals surface area contributed by atoms with Gasteiger partial charge in [-0.3, -0.25) is 4.79 Å². The molecule has 2 aromatic carbocycles. The van der Waals surface area contributed by atoms with Crippen LogP contribution >= 0.6 is 11.6 Å². The number of likely N-dealkylation sites (tertiary alicyclic amines) is 1. The summed E-state index contributed by atoms with van der Waals surface area (Å²) in [6.45, 7) is -0.000927. The van der Waals surface area contributed by atoms with E-state index < -0.39 is 53.0 Å².